The molecule has 116 valence electrons. The van der Waals surface area contributed by atoms with Crippen LogP contribution in [0, 0.1) is 0 Å². The predicted molar refractivity (Wildman–Crippen MR) is 86.0 cm³/mol. The van der Waals surface area contributed by atoms with Crippen molar-refractivity contribution in [1.29, 1.82) is 0 Å². The highest BCUT2D eigenvalue weighted by Crippen LogP contribution is 2.28. The van der Waals surface area contributed by atoms with Crippen LogP contribution in [0.25, 0.3) is 0 Å². The molecule has 1 saturated heterocycles. The van der Waals surface area contributed by atoms with Crippen LogP contribution in [0.4, 0.5) is 16.2 Å². The van der Waals surface area contributed by atoms with Gasteiger partial charge in [-0.3, -0.25) is 0 Å². The fourth-order valence-electron chi connectivity index (χ4n) is 2.63. The van der Waals surface area contributed by atoms with Crippen molar-refractivity contribution in [1.82, 2.24) is 5.32 Å². The molecule has 21 heavy (non-hydrogen) atoms. The Bertz CT molecular complexity index is 468. The average Bonchev–Trinajstić information content (AvgIpc) is 2.44. The molecule has 2 N–H and O–H groups in total. The number of nitrogens with one attached hydrogen (secondary N) is 2. The van der Waals surface area contributed by atoms with E-state index in [1.54, 1.807) is 0 Å². The molecular weight excluding hydrogens is 266 g/mol. The van der Waals surface area contributed by atoms with Gasteiger partial charge in [-0.2, -0.15) is 0 Å². The predicted octanol–water partition coefficient (Wildman–Crippen LogP) is 2.83. The minimum absolute atomic E-state index is 0.154. The smallest absolute Gasteiger partial charge is 0.319 e. The molecule has 2 amide bonds. The highest BCUT2D eigenvalue weighted by Gasteiger charge is 2.24. The summed E-state index contributed by atoms with van der Waals surface area (Å²) in [6.07, 6.45) is 1.31. The van der Waals surface area contributed by atoms with Gasteiger partial charge in [0.2, 0.25) is 0 Å². The van der Waals surface area contributed by atoms with E-state index in [0.717, 1.165) is 30.9 Å². The second-order valence-corrected chi connectivity index (χ2v) is 5.56. The van der Waals surface area contributed by atoms with Crippen molar-refractivity contribution in [2.24, 2.45) is 0 Å². The molecule has 1 aromatic carbocycles. The minimum Gasteiger partial charge on any atom is -0.372 e. The van der Waals surface area contributed by atoms with E-state index in [-0.39, 0.29) is 18.2 Å². The molecule has 1 aliphatic heterocycles. The van der Waals surface area contributed by atoms with Crippen LogP contribution in [0.5, 0.6) is 0 Å². The van der Waals surface area contributed by atoms with Gasteiger partial charge in [-0.05, 0) is 32.4 Å². The Morgan fingerprint density at radius 1 is 1.29 bits per heavy atom. The van der Waals surface area contributed by atoms with Crippen molar-refractivity contribution in [3.8, 4) is 0 Å². The van der Waals surface area contributed by atoms with Gasteiger partial charge in [-0.15, -0.1) is 0 Å². The lowest BCUT2D eigenvalue weighted by Gasteiger charge is -2.37. The number of morpholine rings is 1. The molecule has 5 heteroatoms. The van der Waals surface area contributed by atoms with Crippen molar-refractivity contribution in [3.63, 3.8) is 0 Å². The monoisotopic (exact) mass is 291 g/mol. The van der Waals surface area contributed by atoms with Crippen molar-refractivity contribution in [3.05, 3.63) is 24.3 Å². The first kappa shape index (κ1) is 15.6. The van der Waals surface area contributed by atoms with E-state index in [1.165, 1.54) is 0 Å². The van der Waals surface area contributed by atoms with Crippen molar-refractivity contribution in [2.45, 2.75) is 39.4 Å². The van der Waals surface area contributed by atoms with Crippen LogP contribution in [0.15, 0.2) is 24.3 Å². The van der Waals surface area contributed by atoms with Crippen LogP contribution in [-0.4, -0.2) is 37.9 Å². The first-order valence-corrected chi connectivity index (χ1v) is 7.64. The fraction of sp³-hybridized carbons (Fsp3) is 0.562. The van der Waals surface area contributed by atoms with Gasteiger partial charge in [0.25, 0.3) is 0 Å². The number of rotatable bonds is 4. The van der Waals surface area contributed by atoms with E-state index in [4.69, 9.17) is 4.74 Å². The summed E-state index contributed by atoms with van der Waals surface area (Å²) in [4.78, 5) is 14.1. The van der Waals surface area contributed by atoms with Gasteiger partial charge in [0, 0.05) is 19.6 Å². The molecule has 0 aliphatic carbocycles. The number of carbonyl (C=O) groups excluding carboxylic acids is 1. The maximum atomic E-state index is 11.9. The van der Waals surface area contributed by atoms with Gasteiger partial charge < -0.3 is 20.3 Å². The minimum atomic E-state index is -0.154. The molecule has 5 nitrogen and oxygen atoms in total. The summed E-state index contributed by atoms with van der Waals surface area (Å²) in [6, 6.07) is 7.76. The summed E-state index contributed by atoms with van der Waals surface area (Å²) < 4.78 is 5.77. The SMILES string of the molecule is CCCNC(=O)Nc1ccccc1N1C[C@@H](C)O[C@@H](C)C1. The molecule has 1 aliphatic rings. The number of nitrogens with zero attached hydrogens (tertiary/aromatic N) is 1. The molecule has 0 saturated carbocycles. The normalized spacial score (nSPS) is 22.0. The van der Waals surface area contributed by atoms with Gasteiger partial charge in [-0.1, -0.05) is 19.1 Å². The largest absolute Gasteiger partial charge is 0.372 e. The summed E-state index contributed by atoms with van der Waals surface area (Å²) >= 11 is 0. The lowest BCUT2D eigenvalue weighted by atomic mass is 10.1. The quantitative estimate of drug-likeness (QED) is 0.897. The molecule has 0 spiro atoms. The maximum absolute atomic E-state index is 11.9. The van der Waals surface area contributed by atoms with E-state index in [9.17, 15) is 4.79 Å². The summed E-state index contributed by atoms with van der Waals surface area (Å²) in [5.74, 6) is 0. The first-order valence-electron chi connectivity index (χ1n) is 7.64. The number of urea groups is 1. The molecule has 0 bridgehead atoms. The molecule has 1 aromatic rings. The van der Waals surface area contributed by atoms with E-state index in [1.807, 2.05) is 31.2 Å². The van der Waals surface area contributed by atoms with E-state index < -0.39 is 0 Å². The lowest BCUT2D eigenvalue weighted by Crippen LogP contribution is -2.45. The summed E-state index contributed by atoms with van der Waals surface area (Å²) in [5, 5.41) is 5.78. The van der Waals surface area contributed by atoms with E-state index >= 15 is 0 Å². The number of carbonyl (C=O) groups is 1. The molecule has 0 radical (unpaired) electrons. The Morgan fingerprint density at radius 3 is 2.62 bits per heavy atom. The summed E-state index contributed by atoms with van der Waals surface area (Å²) in [5.41, 5.74) is 1.89. The standard InChI is InChI=1S/C16H25N3O2/c1-4-9-17-16(20)18-14-7-5-6-8-15(14)19-10-12(2)21-13(3)11-19/h5-8,12-13H,4,9-11H2,1-3H3,(H2,17,18,20)/t12-,13+. The fourth-order valence-corrected chi connectivity index (χ4v) is 2.63. The Balaban J connectivity index is 2.11. The van der Waals surface area contributed by atoms with E-state index in [2.05, 4.69) is 29.4 Å². The van der Waals surface area contributed by atoms with Crippen LogP contribution in [-0.2, 0) is 4.74 Å². The Morgan fingerprint density at radius 2 is 1.95 bits per heavy atom. The van der Waals surface area contributed by atoms with Crippen molar-refractivity contribution < 1.29 is 9.53 Å². The highest BCUT2D eigenvalue weighted by atomic mass is 16.5. The van der Waals surface area contributed by atoms with Crippen LogP contribution in [0.2, 0.25) is 0 Å². The van der Waals surface area contributed by atoms with Gasteiger partial charge in [0.05, 0.1) is 23.6 Å². The zero-order valence-corrected chi connectivity index (χ0v) is 13.1. The second kappa shape index (κ2) is 7.31. The van der Waals surface area contributed by atoms with Crippen LogP contribution in [0.3, 0.4) is 0 Å². The van der Waals surface area contributed by atoms with E-state index in [0.29, 0.717) is 6.54 Å². The molecule has 2 atom stereocenters. The molecule has 2 rings (SSSR count). The molecular formula is C16H25N3O2. The molecule has 1 heterocycles. The number of hydrogen-bond donors (Lipinski definition) is 2. The molecule has 1 fully saturated rings. The number of anilines is 2. The van der Waals surface area contributed by atoms with Gasteiger partial charge in [-0.25, -0.2) is 4.79 Å². The number of amides is 2. The molecule has 0 aromatic heterocycles. The Kier molecular flexibility index (Phi) is 5.44. The number of ether oxygens (including phenoxy) is 1. The topological polar surface area (TPSA) is 53.6 Å². The Hall–Kier alpha value is -1.75. The third kappa shape index (κ3) is 4.36. The van der Waals surface area contributed by atoms with Crippen LogP contribution < -0.4 is 15.5 Å². The van der Waals surface area contributed by atoms with Crippen molar-refractivity contribution in [2.75, 3.05) is 29.9 Å². The number of hydrogen-bond acceptors (Lipinski definition) is 3. The van der Waals surface area contributed by atoms with Crippen LogP contribution in [0.1, 0.15) is 27.2 Å². The average molecular weight is 291 g/mol. The van der Waals surface area contributed by atoms with Crippen LogP contribution >= 0.6 is 0 Å². The Labute approximate surface area is 126 Å². The second-order valence-electron chi connectivity index (χ2n) is 5.56. The third-order valence-electron chi connectivity index (χ3n) is 3.45. The lowest BCUT2D eigenvalue weighted by molar-refractivity contribution is -0.00517. The van der Waals surface area contributed by atoms with Gasteiger partial charge in [0.1, 0.15) is 0 Å². The van der Waals surface area contributed by atoms with Gasteiger partial charge in [0.15, 0.2) is 0 Å². The zero-order chi connectivity index (χ0) is 15.2. The summed E-state index contributed by atoms with van der Waals surface area (Å²) in [6.45, 7) is 8.53. The van der Waals surface area contributed by atoms with Crippen molar-refractivity contribution >= 4 is 17.4 Å². The zero-order valence-electron chi connectivity index (χ0n) is 13.1. The first-order chi connectivity index (χ1) is 10.1. The summed E-state index contributed by atoms with van der Waals surface area (Å²) in [7, 11) is 0. The number of para-hydroxylation sites is 2. The third-order valence-corrected chi connectivity index (χ3v) is 3.45. The molecule has 0 unspecified atom stereocenters. The highest BCUT2D eigenvalue weighted by molar-refractivity contribution is 5.93. The number of benzene rings is 1. The van der Waals surface area contributed by atoms with Gasteiger partial charge >= 0.3 is 6.03 Å². The maximum Gasteiger partial charge on any atom is 0.319 e.